The fourth-order valence-electron chi connectivity index (χ4n) is 2.90. The zero-order valence-corrected chi connectivity index (χ0v) is 14.6. The van der Waals surface area contributed by atoms with Crippen LogP contribution in [0.3, 0.4) is 0 Å². The molecule has 2 amide bonds. The van der Waals surface area contributed by atoms with Gasteiger partial charge in [0.1, 0.15) is 6.26 Å². The van der Waals surface area contributed by atoms with Crippen LogP contribution in [-0.4, -0.2) is 61.1 Å². The second-order valence-electron chi connectivity index (χ2n) is 6.11. The first-order valence-electron chi connectivity index (χ1n) is 8.74. The van der Waals surface area contributed by atoms with Crippen molar-refractivity contribution in [2.45, 2.75) is 6.42 Å². The monoisotopic (exact) mass is 357 g/mol. The number of carbonyl (C=O) groups excluding carboxylic acids is 2. The molecule has 2 heterocycles. The van der Waals surface area contributed by atoms with Crippen molar-refractivity contribution in [3.8, 4) is 0 Å². The highest BCUT2D eigenvalue weighted by atomic mass is 16.5. The lowest BCUT2D eigenvalue weighted by Crippen LogP contribution is -2.47. The van der Waals surface area contributed by atoms with Crippen LogP contribution in [-0.2, 0) is 9.59 Å². The molecular formula is C18H23N5O3. The molecule has 8 heteroatoms. The van der Waals surface area contributed by atoms with Crippen LogP contribution in [0.15, 0.2) is 47.2 Å². The van der Waals surface area contributed by atoms with Gasteiger partial charge in [0.2, 0.25) is 0 Å². The van der Waals surface area contributed by atoms with E-state index in [-0.39, 0.29) is 5.82 Å². The smallest absolute Gasteiger partial charge is 0.314 e. The van der Waals surface area contributed by atoms with E-state index in [0.717, 1.165) is 39.1 Å². The number of piperazine rings is 1. The predicted octanol–water partition coefficient (Wildman–Crippen LogP) is 0.942. The van der Waals surface area contributed by atoms with Gasteiger partial charge in [0.05, 0.1) is 0 Å². The summed E-state index contributed by atoms with van der Waals surface area (Å²) in [5.41, 5.74) is 1.26. The number of nitrogens with one attached hydrogen (secondary N) is 2. The Hall–Kier alpha value is -2.87. The first-order valence-corrected chi connectivity index (χ1v) is 8.74. The van der Waals surface area contributed by atoms with Gasteiger partial charge >= 0.3 is 11.8 Å². The van der Waals surface area contributed by atoms with Crippen molar-refractivity contribution in [3.63, 3.8) is 0 Å². The maximum atomic E-state index is 11.7. The number of nitrogens with zero attached hydrogens (tertiary/aromatic N) is 3. The minimum Gasteiger partial charge on any atom is -0.369 e. The lowest BCUT2D eigenvalue weighted by atomic mass is 10.2. The van der Waals surface area contributed by atoms with Crippen molar-refractivity contribution in [2.24, 2.45) is 0 Å². The molecule has 1 aromatic carbocycles. The molecule has 0 saturated carbocycles. The number of aromatic nitrogens is 1. The molecule has 1 aliphatic rings. The van der Waals surface area contributed by atoms with Crippen LogP contribution in [0, 0.1) is 0 Å². The molecule has 0 atom stereocenters. The van der Waals surface area contributed by atoms with Crippen molar-refractivity contribution in [1.82, 2.24) is 15.4 Å². The molecule has 8 nitrogen and oxygen atoms in total. The van der Waals surface area contributed by atoms with Crippen molar-refractivity contribution in [2.75, 3.05) is 49.5 Å². The molecule has 0 unspecified atom stereocenters. The topological polar surface area (TPSA) is 90.7 Å². The number of carbonyl (C=O) groups is 2. The highest BCUT2D eigenvalue weighted by Gasteiger charge is 2.17. The Balaban J connectivity index is 1.30. The van der Waals surface area contributed by atoms with Crippen LogP contribution in [0.5, 0.6) is 0 Å². The summed E-state index contributed by atoms with van der Waals surface area (Å²) in [5, 5.41) is 8.51. The molecule has 1 fully saturated rings. The van der Waals surface area contributed by atoms with Gasteiger partial charge in [-0.05, 0) is 25.1 Å². The summed E-state index contributed by atoms with van der Waals surface area (Å²) in [4.78, 5) is 28.1. The Bertz CT molecular complexity index is 697. The van der Waals surface area contributed by atoms with Gasteiger partial charge in [-0.25, -0.2) is 0 Å². The lowest BCUT2D eigenvalue weighted by Gasteiger charge is -2.36. The van der Waals surface area contributed by atoms with Gasteiger partial charge in [0.25, 0.3) is 0 Å². The van der Waals surface area contributed by atoms with Gasteiger partial charge in [0, 0.05) is 44.5 Å². The van der Waals surface area contributed by atoms with E-state index in [1.165, 1.54) is 18.0 Å². The highest BCUT2D eigenvalue weighted by molar-refractivity contribution is 6.39. The molecule has 26 heavy (non-hydrogen) atoms. The second-order valence-corrected chi connectivity index (χ2v) is 6.11. The third kappa shape index (κ3) is 5.06. The van der Waals surface area contributed by atoms with Crippen LogP contribution in [0.25, 0.3) is 0 Å². The minimum absolute atomic E-state index is 0.224. The van der Waals surface area contributed by atoms with E-state index in [2.05, 4.69) is 54.4 Å². The number of hydrogen-bond donors (Lipinski definition) is 2. The summed E-state index contributed by atoms with van der Waals surface area (Å²) in [5.74, 6) is -1.18. The van der Waals surface area contributed by atoms with E-state index in [1.807, 2.05) is 6.07 Å². The van der Waals surface area contributed by atoms with E-state index in [1.54, 1.807) is 0 Å². The van der Waals surface area contributed by atoms with Crippen LogP contribution in [0.1, 0.15) is 6.42 Å². The third-order valence-electron chi connectivity index (χ3n) is 4.32. The molecule has 1 saturated heterocycles. The average molecular weight is 357 g/mol. The first-order chi connectivity index (χ1) is 12.7. The summed E-state index contributed by atoms with van der Waals surface area (Å²) in [7, 11) is 0. The van der Waals surface area contributed by atoms with Gasteiger partial charge in [-0.1, -0.05) is 23.4 Å². The Morgan fingerprint density at radius 3 is 2.50 bits per heavy atom. The predicted molar refractivity (Wildman–Crippen MR) is 97.9 cm³/mol. The maximum Gasteiger partial charge on any atom is 0.314 e. The Morgan fingerprint density at radius 2 is 1.81 bits per heavy atom. The number of rotatable bonds is 6. The standard InChI is InChI=1S/C18H23N5O3/c24-17(18(25)20-16-7-14-26-21-16)19-8-4-9-22-10-12-23(13-11-22)15-5-2-1-3-6-15/h1-3,5-7,14H,4,8-13H2,(H,19,24)(H,20,21,25). The van der Waals surface area contributed by atoms with E-state index in [9.17, 15) is 9.59 Å². The number of amides is 2. The number of anilines is 2. The van der Waals surface area contributed by atoms with Gasteiger partial charge in [0.15, 0.2) is 5.82 Å². The van der Waals surface area contributed by atoms with E-state index < -0.39 is 11.8 Å². The SMILES string of the molecule is O=C(NCCCN1CCN(c2ccccc2)CC1)C(=O)Nc1ccon1. The van der Waals surface area contributed by atoms with Crippen LogP contribution in [0.2, 0.25) is 0 Å². The number of benzene rings is 1. The molecule has 0 aliphatic carbocycles. The summed E-state index contributed by atoms with van der Waals surface area (Å²) in [6, 6.07) is 11.9. The van der Waals surface area contributed by atoms with Gasteiger partial charge < -0.3 is 14.7 Å². The van der Waals surface area contributed by atoms with Crippen molar-refractivity contribution < 1.29 is 14.1 Å². The zero-order valence-electron chi connectivity index (χ0n) is 14.6. The molecule has 1 aliphatic heterocycles. The third-order valence-corrected chi connectivity index (χ3v) is 4.32. The van der Waals surface area contributed by atoms with E-state index in [0.29, 0.717) is 6.54 Å². The molecule has 1 aromatic heterocycles. The number of hydrogen-bond acceptors (Lipinski definition) is 6. The molecule has 3 rings (SSSR count). The normalized spacial score (nSPS) is 14.8. The molecule has 138 valence electrons. The molecule has 2 N–H and O–H groups in total. The molecule has 0 bridgehead atoms. The summed E-state index contributed by atoms with van der Waals surface area (Å²) < 4.78 is 4.59. The Labute approximate surface area is 152 Å². The minimum atomic E-state index is -0.740. The second kappa shape index (κ2) is 9.00. The van der Waals surface area contributed by atoms with Gasteiger partial charge in [-0.15, -0.1) is 0 Å². The molecule has 0 spiro atoms. The fourth-order valence-corrected chi connectivity index (χ4v) is 2.90. The Kier molecular flexibility index (Phi) is 6.21. The molecule has 2 aromatic rings. The Morgan fingerprint density at radius 1 is 1.04 bits per heavy atom. The highest BCUT2D eigenvalue weighted by Crippen LogP contribution is 2.15. The number of para-hydroxylation sites is 1. The quantitative estimate of drug-likeness (QED) is 0.591. The maximum absolute atomic E-state index is 11.7. The lowest BCUT2D eigenvalue weighted by molar-refractivity contribution is -0.136. The van der Waals surface area contributed by atoms with Crippen LogP contribution >= 0.6 is 0 Å². The molecular weight excluding hydrogens is 334 g/mol. The van der Waals surface area contributed by atoms with Crippen molar-refractivity contribution in [3.05, 3.63) is 42.7 Å². The largest absolute Gasteiger partial charge is 0.369 e. The van der Waals surface area contributed by atoms with Gasteiger partial charge in [-0.3, -0.25) is 19.8 Å². The van der Waals surface area contributed by atoms with E-state index in [4.69, 9.17) is 0 Å². The summed E-state index contributed by atoms with van der Waals surface area (Å²) >= 11 is 0. The van der Waals surface area contributed by atoms with Crippen molar-refractivity contribution in [1.29, 1.82) is 0 Å². The summed E-state index contributed by atoms with van der Waals surface area (Å²) in [6.07, 6.45) is 2.12. The van der Waals surface area contributed by atoms with Crippen molar-refractivity contribution >= 4 is 23.3 Å². The van der Waals surface area contributed by atoms with Gasteiger partial charge in [-0.2, -0.15) is 0 Å². The van der Waals surface area contributed by atoms with Crippen LogP contribution < -0.4 is 15.5 Å². The average Bonchev–Trinajstić information content (AvgIpc) is 3.19. The fraction of sp³-hybridized carbons (Fsp3) is 0.389. The zero-order chi connectivity index (χ0) is 18.2. The van der Waals surface area contributed by atoms with E-state index >= 15 is 0 Å². The van der Waals surface area contributed by atoms with Crippen LogP contribution in [0.4, 0.5) is 11.5 Å². The molecule has 0 radical (unpaired) electrons. The first kappa shape index (κ1) is 17.9. The summed E-state index contributed by atoms with van der Waals surface area (Å²) in [6.45, 7) is 5.34.